The van der Waals surface area contributed by atoms with Gasteiger partial charge in [0.15, 0.2) is 0 Å². The van der Waals surface area contributed by atoms with E-state index >= 15 is 0 Å². The van der Waals surface area contributed by atoms with E-state index in [1.54, 1.807) is 0 Å². The molecule has 0 heterocycles. The van der Waals surface area contributed by atoms with Gasteiger partial charge in [-0.25, -0.2) is 0 Å². The van der Waals surface area contributed by atoms with Gasteiger partial charge in [0.2, 0.25) is 0 Å². The van der Waals surface area contributed by atoms with Crippen molar-refractivity contribution in [1.82, 2.24) is 0 Å². The first-order valence-electron chi connectivity index (χ1n) is 7.44. The quantitative estimate of drug-likeness (QED) is 0.735. The Kier molecular flexibility index (Phi) is 5.95. The van der Waals surface area contributed by atoms with E-state index in [2.05, 4.69) is 31.3 Å². The van der Waals surface area contributed by atoms with E-state index in [1.807, 2.05) is 36.4 Å². The van der Waals surface area contributed by atoms with Gasteiger partial charge in [-0.2, -0.15) is 0 Å². The number of hydrogen-bond donors (Lipinski definition) is 1. The Bertz CT molecular complexity index is 520. The molecule has 21 heavy (non-hydrogen) atoms. The summed E-state index contributed by atoms with van der Waals surface area (Å²) >= 11 is 0. The molecule has 0 amide bonds. The summed E-state index contributed by atoms with van der Waals surface area (Å²) in [6.45, 7) is 6.33. The molecule has 0 atom stereocenters. The molecule has 3 heteroatoms. The molecule has 0 radical (unpaired) electrons. The van der Waals surface area contributed by atoms with Crippen LogP contribution in [0.25, 0.3) is 0 Å². The van der Waals surface area contributed by atoms with E-state index in [0.29, 0.717) is 6.61 Å². The van der Waals surface area contributed by atoms with Crippen LogP contribution in [0.4, 0.5) is 5.69 Å². The lowest BCUT2D eigenvalue weighted by molar-refractivity contribution is 0.317. The van der Waals surface area contributed by atoms with E-state index in [1.165, 1.54) is 5.56 Å². The van der Waals surface area contributed by atoms with Crippen LogP contribution in [0, 0.1) is 6.92 Å². The smallest absolute Gasteiger partial charge is 0.119 e. The van der Waals surface area contributed by atoms with Gasteiger partial charge in [0.1, 0.15) is 18.1 Å². The Balaban J connectivity index is 1.69. The van der Waals surface area contributed by atoms with Crippen molar-refractivity contribution >= 4 is 5.69 Å². The van der Waals surface area contributed by atoms with E-state index in [4.69, 9.17) is 9.47 Å². The van der Waals surface area contributed by atoms with Crippen LogP contribution in [-0.4, -0.2) is 19.8 Å². The first-order valence-corrected chi connectivity index (χ1v) is 7.44. The molecule has 0 aliphatic carbocycles. The summed E-state index contributed by atoms with van der Waals surface area (Å²) in [5.74, 6) is 1.82. The van der Waals surface area contributed by atoms with Crippen LogP contribution in [0.3, 0.4) is 0 Å². The largest absolute Gasteiger partial charge is 0.494 e. The molecule has 0 spiro atoms. The van der Waals surface area contributed by atoms with Crippen molar-refractivity contribution in [2.45, 2.75) is 20.3 Å². The third-order valence-corrected chi connectivity index (χ3v) is 3.05. The third-order valence-electron chi connectivity index (χ3n) is 3.05. The lowest BCUT2D eigenvalue weighted by atomic mass is 10.2. The zero-order chi connectivity index (χ0) is 14.9. The van der Waals surface area contributed by atoms with Gasteiger partial charge in [0.25, 0.3) is 0 Å². The molecule has 1 N–H and O–H groups in total. The highest BCUT2D eigenvalue weighted by Crippen LogP contribution is 2.16. The molecule has 2 aromatic rings. The summed E-state index contributed by atoms with van der Waals surface area (Å²) in [4.78, 5) is 0. The average Bonchev–Trinajstić information content (AvgIpc) is 2.52. The van der Waals surface area contributed by atoms with Crippen LogP contribution in [-0.2, 0) is 0 Å². The normalized spacial score (nSPS) is 10.2. The van der Waals surface area contributed by atoms with Crippen LogP contribution < -0.4 is 14.8 Å². The number of rotatable bonds is 8. The maximum Gasteiger partial charge on any atom is 0.119 e. The summed E-state index contributed by atoms with van der Waals surface area (Å²) in [5, 5.41) is 3.33. The van der Waals surface area contributed by atoms with Crippen molar-refractivity contribution in [1.29, 1.82) is 0 Å². The van der Waals surface area contributed by atoms with E-state index < -0.39 is 0 Å². The molecule has 0 aliphatic heterocycles. The van der Waals surface area contributed by atoms with Crippen LogP contribution in [0.5, 0.6) is 11.5 Å². The monoisotopic (exact) mass is 285 g/mol. The maximum absolute atomic E-state index is 5.67. The van der Waals surface area contributed by atoms with E-state index in [-0.39, 0.29) is 0 Å². The average molecular weight is 285 g/mol. The van der Waals surface area contributed by atoms with Crippen LogP contribution in [0.1, 0.15) is 18.9 Å². The lowest BCUT2D eigenvalue weighted by Crippen LogP contribution is -2.11. The zero-order valence-electron chi connectivity index (χ0n) is 12.8. The van der Waals surface area contributed by atoms with Gasteiger partial charge < -0.3 is 14.8 Å². The van der Waals surface area contributed by atoms with Gasteiger partial charge in [0, 0.05) is 12.2 Å². The van der Waals surface area contributed by atoms with Crippen molar-refractivity contribution < 1.29 is 9.47 Å². The Labute approximate surface area is 126 Å². The second-order valence-electron chi connectivity index (χ2n) is 4.96. The third kappa shape index (κ3) is 5.38. The molecular weight excluding hydrogens is 262 g/mol. The van der Waals surface area contributed by atoms with Gasteiger partial charge in [-0.15, -0.1) is 0 Å². The molecule has 0 saturated heterocycles. The Morgan fingerprint density at radius 1 is 0.810 bits per heavy atom. The summed E-state index contributed by atoms with van der Waals surface area (Å²) < 4.78 is 11.2. The van der Waals surface area contributed by atoms with Crippen LogP contribution >= 0.6 is 0 Å². The van der Waals surface area contributed by atoms with Crippen molar-refractivity contribution in [2.75, 3.05) is 25.1 Å². The number of ether oxygens (including phenoxy) is 2. The van der Waals surface area contributed by atoms with Crippen molar-refractivity contribution in [3.63, 3.8) is 0 Å². The van der Waals surface area contributed by atoms with E-state index in [0.717, 1.165) is 36.8 Å². The highest BCUT2D eigenvalue weighted by Gasteiger charge is 1.96. The summed E-state index contributed by atoms with van der Waals surface area (Å²) in [7, 11) is 0. The minimum Gasteiger partial charge on any atom is -0.494 e. The van der Waals surface area contributed by atoms with Gasteiger partial charge in [-0.1, -0.05) is 24.6 Å². The number of anilines is 1. The molecule has 0 aromatic heterocycles. The Hall–Kier alpha value is -2.16. The molecule has 0 fully saturated rings. The predicted octanol–water partition coefficient (Wildman–Crippen LogP) is 4.27. The molecular formula is C18H23NO2. The highest BCUT2D eigenvalue weighted by molar-refractivity contribution is 5.46. The number of aryl methyl sites for hydroxylation is 1. The Morgan fingerprint density at radius 2 is 1.38 bits per heavy atom. The fraction of sp³-hybridized carbons (Fsp3) is 0.333. The molecule has 2 rings (SSSR count). The number of benzene rings is 2. The minimum atomic E-state index is 0.636. The van der Waals surface area contributed by atoms with Gasteiger partial charge >= 0.3 is 0 Å². The van der Waals surface area contributed by atoms with Crippen LogP contribution in [0.15, 0.2) is 48.5 Å². The standard InChI is InChI=1S/C18H23NO2/c1-3-13-20-18-10-6-16(7-11-18)19-12-14-21-17-8-4-15(2)5-9-17/h4-11,19H,3,12-14H2,1-2H3. The molecule has 0 aliphatic rings. The number of hydrogen-bond acceptors (Lipinski definition) is 3. The van der Waals surface area contributed by atoms with Gasteiger partial charge in [-0.05, 0) is 49.7 Å². The summed E-state index contributed by atoms with van der Waals surface area (Å²) in [6.07, 6.45) is 1.02. The molecule has 112 valence electrons. The van der Waals surface area contributed by atoms with Gasteiger partial charge in [0.05, 0.1) is 6.61 Å². The molecule has 0 saturated carbocycles. The summed E-state index contributed by atoms with van der Waals surface area (Å²) in [5.41, 5.74) is 2.32. The van der Waals surface area contributed by atoms with E-state index in [9.17, 15) is 0 Å². The van der Waals surface area contributed by atoms with Gasteiger partial charge in [-0.3, -0.25) is 0 Å². The van der Waals surface area contributed by atoms with Crippen molar-refractivity contribution in [3.05, 3.63) is 54.1 Å². The predicted molar refractivity (Wildman–Crippen MR) is 87.4 cm³/mol. The van der Waals surface area contributed by atoms with Crippen LogP contribution in [0.2, 0.25) is 0 Å². The number of nitrogens with one attached hydrogen (secondary N) is 1. The highest BCUT2D eigenvalue weighted by atomic mass is 16.5. The Morgan fingerprint density at radius 3 is 2.00 bits per heavy atom. The maximum atomic E-state index is 5.67. The fourth-order valence-electron chi connectivity index (χ4n) is 1.89. The zero-order valence-corrected chi connectivity index (χ0v) is 12.8. The first-order chi connectivity index (χ1) is 10.3. The lowest BCUT2D eigenvalue weighted by Gasteiger charge is -2.10. The molecule has 2 aromatic carbocycles. The topological polar surface area (TPSA) is 30.5 Å². The van der Waals surface area contributed by atoms with Crippen molar-refractivity contribution in [3.8, 4) is 11.5 Å². The molecule has 3 nitrogen and oxygen atoms in total. The second kappa shape index (κ2) is 8.20. The molecule has 0 bridgehead atoms. The SMILES string of the molecule is CCCOc1ccc(NCCOc2ccc(C)cc2)cc1. The molecule has 0 unspecified atom stereocenters. The van der Waals surface area contributed by atoms with Crippen molar-refractivity contribution in [2.24, 2.45) is 0 Å². The first kappa shape index (κ1) is 15.2. The summed E-state index contributed by atoms with van der Waals surface area (Å²) in [6, 6.07) is 16.1. The minimum absolute atomic E-state index is 0.636. The fourth-order valence-corrected chi connectivity index (χ4v) is 1.89. The second-order valence-corrected chi connectivity index (χ2v) is 4.96.